The molecule has 4 nitrogen and oxygen atoms in total. The highest BCUT2D eigenvalue weighted by Gasteiger charge is 2.16. The van der Waals surface area contributed by atoms with E-state index in [0.29, 0.717) is 6.42 Å². The Hall–Kier alpha value is -2.33. The molecular weight excluding hydrogens is 434 g/mol. The monoisotopic (exact) mass is 482 g/mol. The molecule has 0 saturated carbocycles. The molecule has 194 valence electrons. The number of nitrogens with zero attached hydrogens (tertiary/aromatic N) is 1. The van der Waals surface area contributed by atoms with Crippen LogP contribution < -0.4 is 4.74 Å². The molecule has 0 aromatic heterocycles. The minimum atomic E-state index is -0.182. The van der Waals surface area contributed by atoms with Crippen molar-refractivity contribution >= 4 is 5.97 Å². The molecule has 0 amide bonds. The Kier molecular flexibility index (Phi) is 14.2. The van der Waals surface area contributed by atoms with Gasteiger partial charge in [0.1, 0.15) is 12.3 Å². The number of ether oxygens (including phenoxy) is 2. The van der Waals surface area contributed by atoms with Gasteiger partial charge in [-0.2, -0.15) is 0 Å². The van der Waals surface area contributed by atoms with Gasteiger partial charge in [-0.05, 0) is 37.3 Å². The second-order valence-corrected chi connectivity index (χ2v) is 10.4. The molecule has 0 saturated heterocycles. The van der Waals surface area contributed by atoms with Gasteiger partial charge in [-0.3, -0.25) is 4.79 Å². The summed E-state index contributed by atoms with van der Waals surface area (Å²) in [6.45, 7) is 4.28. The molecule has 0 aliphatic heterocycles. The van der Waals surface area contributed by atoms with E-state index >= 15 is 0 Å². The van der Waals surface area contributed by atoms with E-state index in [0.717, 1.165) is 42.6 Å². The van der Waals surface area contributed by atoms with Gasteiger partial charge in [-0.25, -0.2) is 0 Å². The van der Waals surface area contributed by atoms with Crippen LogP contribution in [0.25, 0.3) is 0 Å². The van der Waals surface area contributed by atoms with Crippen molar-refractivity contribution in [2.45, 2.75) is 90.5 Å². The maximum Gasteiger partial charge on any atom is 0.308 e. The normalized spacial score (nSPS) is 11.4. The first-order valence-corrected chi connectivity index (χ1v) is 13.7. The predicted molar refractivity (Wildman–Crippen MR) is 145 cm³/mol. The molecule has 35 heavy (non-hydrogen) atoms. The third-order valence-corrected chi connectivity index (χ3v) is 6.55. The molecule has 0 aliphatic carbocycles. The van der Waals surface area contributed by atoms with Gasteiger partial charge in [-0.15, -0.1) is 0 Å². The highest BCUT2D eigenvalue weighted by molar-refractivity contribution is 5.69. The van der Waals surface area contributed by atoms with Gasteiger partial charge < -0.3 is 14.0 Å². The maximum absolute atomic E-state index is 12.2. The number of benzene rings is 2. The molecule has 0 N–H and O–H groups in total. The van der Waals surface area contributed by atoms with Gasteiger partial charge in [0.25, 0.3) is 0 Å². The summed E-state index contributed by atoms with van der Waals surface area (Å²) in [6.07, 6.45) is 13.8. The van der Waals surface area contributed by atoms with Crippen molar-refractivity contribution in [1.82, 2.24) is 0 Å². The lowest BCUT2D eigenvalue weighted by Crippen LogP contribution is -2.39. The zero-order valence-corrected chi connectivity index (χ0v) is 22.5. The molecule has 0 aliphatic rings. The lowest BCUT2D eigenvalue weighted by molar-refractivity contribution is -0.903. The number of para-hydroxylation sites is 1. The van der Waals surface area contributed by atoms with Gasteiger partial charge in [0.05, 0.1) is 20.6 Å². The molecule has 0 unspecified atom stereocenters. The highest BCUT2D eigenvalue weighted by Crippen LogP contribution is 2.21. The van der Waals surface area contributed by atoms with E-state index in [1.807, 2.05) is 12.1 Å². The summed E-state index contributed by atoms with van der Waals surface area (Å²) in [7, 11) is 4.48. The number of carbonyl (C=O) groups is 1. The quantitative estimate of drug-likeness (QED) is 0.0891. The number of esters is 1. The summed E-state index contributed by atoms with van der Waals surface area (Å²) < 4.78 is 12.1. The number of rotatable bonds is 19. The zero-order valence-electron chi connectivity index (χ0n) is 22.5. The van der Waals surface area contributed by atoms with Crippen molar-refractivity contribution in [3.8, 4) is 5.75 Å². The van der Waals surface area contributed by atoms with Gasteiger partial charge in [0, 0.05) is 12.0 Å². The number of quaternary nitrogens is 1. The summed E-state index contributed by atoms with van der Waals surface area (Å²) in [6, 6.07) is 18.7. The van der Waals surface area contributed by atoms with Crippen LogP contribution >= 0.6 is 0 Å². The Morgan fingerprint density at radius 2 is 1.43 bits per heavy atom. The molecule has 0 spiro atoms. The third-order valence-electron chi connectivity index (χ3n) is 6.55. The summed E-state index contributed by atoms with van der Waals surface area (Å²) in [5.41, 5.74) is 2.55. The SMILES string of the molecule is CCCCCCCCCCc1ccccc1OCOC(=O)CCCC[N+](C)(C)Cc1ccccc1. The van der Waals surface area contributed by atoms with Crippen molar-refractivity contribution in [1.29, 1.82) is 0 Å². The van der Waals surface area contributed by atoms with Crippen molar-refractivity contribution in [2.75, 3.05) is 27.4 Å². The standard InChI is InChI=1S/C31H48NO3/c1-4-5-6-7-8-9-10-14-21-29-22-15-16-23-30(29)34-27-35-31(33)24-17-18-25-32(2,3)26-28-19-12-11-13-20-28/h11-13,15-16,19-20,22-23H,4-10,14,17-18,21,24-27H2,1-3H3/q+1. The van der Waals surface area contributed by atoms with Gasteiger partial charge in [0.2, 0.25) is 6.79 Å². The van der Waals surface area contributed by atoms with E-state index in [2.05, 4.69) is 63.5 Å². The molecule has 0 radical (unpaired) electrons. The Morgan fingerprint density at radius 3 is 2.17 bits per heavy atom. The van der Waals surface area contributed by atoms with Gasteiger partial charge >= 0.3 is 5.97 Å². The molecular formula is C31H48NO3+. The second kappa shape index (κ2) is 17.2. The lowest BCUT2D eigenvalue weighted by Gasteiger charge is -2.30. The fourth-order valence-corrected chi connectivity index (χ4v) is 4.50. The third kappa shape index (κ3) is 13.4. The van der Waals surface area contributed by atoms with Crippen molar-refractivity contribution in [2.24, 2.45) is 0 Å². The van der Waals surface area contributed by atoms with Crippen LogP contribution in [0.2, 0.25) is 0 Å². The first-order valence-electron chi connectivity index (χ1n) is 13.7. The molecule has 0 fully saturated rings. The Morgan fingerprint density at radius 1 is 0.771 bits per heavy atom. The molecule has 0 heterocycles. The van der Waals surface area contributed by atoms with Crippen molar-refractivity contribution in [3.63, 3.8) is 0 Å². The first kappa shape index (κ1) is 28.9. The molecule has 2 rings (SSSR count). The van der Waals surface area contributed by atoms with Crippen LogP contribution in [0.3, 0.4) is 0 Å². The number of unbranched alkanes of at least 4 members (excludes halogenated alkanes) is 8. The van der Waals surface area contributed by atoms with Gasteiger partial charge in [-0.1, -0.05) is 100 Å². The van der Waals surface area contributed by atoms with Crippen LogP contribution in [-0.2, 0) is 22.5 Å². The largest absolute Gasteiger partial charge is 0.457 e. The second-order valence-electron chi connectivity index (χ2n) is 10.4. The number of hydrogen-bond donors (Lipinski definition) is 0. The summed E-state index contributed by atoms with van der Waals surface area (Å²) in [5, 5.41) is 0. The Bertz CT molecular complexity index is 819. The Balaban J connectivity index is 1.58. The molecule has 4 heteroatoms. The van der Waals surface area contributed by atoms with E-state index in [-0.39, 0.29) is 12.8 Å². The van der Waals surface area contributed by atoms with E-state index in [1.54, 1.807) is 0 Å². The fourth-order valence-electron chi connectivity index (χ4n) is 4.50. The predicted octanol–water partition coefficient (Wildman–Crippen LogP) is 7.70. The van der Waals surface area contributed by atoms with Crippen LogP contribution in [0.1, 0.15) is 88.7 Å². The minimum Gasteiger partial charge on any atom is -0.457 e. The summed E-state index contributed by atoms with van der Waals surface area (Å²) in [4.78, 5) is 12.2. The zero-order chi connectivity index (χ0) is 25.2. The summed E-state index contributed by atoms with van der Waals surface area (Å²) in [5.74, 6) is 0.655. The number of carbonyl (C=O) groups excluding carboxylic acids is 1. The highest BCUT2D eigenvalue weighted by atomic mass is 16.7. The molecule has 2 aromatic carbocycles. The van der Waals surface area contributed by atoms with Crippen molar-refractivity contribution in [3.05, 3.63) is 65.7 Å². The lowest BCUT2D eigenvalue weighted by atomic mass is 10.0. The topological polar surface area (TPSA) is 35.5 Å². The number of hydrogen-bond acceptors (Lipinski definition) is 3. The van der Waals surface area contributed by atoms with Crippen LogP contribution in [0.5, 0.6) is 5.75 Å². The van der Waals surface area contributed by atoms with E-state index in [9.17, 15) is 4.79 Å². The fraction of sp³-hybridized carbons (Fsp3) is 0.581. The van der Waals surface area contributed by atoms with Crippen LogP contribution in [0.15, 0.2) is 54.6 Å². The summed E-state index contributed by atoms with van der Waals surface area (Å²) >= 11 is 0. The number of aryl methyl sites for hydroxylation is 1. The molecule has 0 bridgehead atoms. The van der Waals surface area contributed by atoms with Crippen molar-refractivity contribution < 1.29 is 18.8 Å². The van der Waals surface area contributed by atoms with E-state index in [4.69, 9.17) is 9.47 Å². The minimum absolute atomic E-state index is 0.0111. The van der Waals surface area contributed by atoms with Crippen LogP contribution in [0, 0.1) is 0 Å². The smallest absolute Gasteiger partial charge is 0.308 e. The maximum atomic E-state index is 12.2. The van der Waals surface area contributed by atoms with Gasteiger partial charge in [0.15, 0.2) is 0 Å². The molecule has 2 aromatic rings. The van der Waals surface area contributed by atoms with E-state index < -0.39 is 0 Å². The van der Waals surface area contributed by atoms with E-state index in [1.165, 1.54) is 62.5 Å². The Labute approximate surface area is 214 Å². The van der Waals surface area contributed by atoms with Crippen LogP contribution in [0.4, 0.5) is 0 Å². The average Bonchev–Trinajstić information content (AvgIpc) is 2.85. The first-order chi connectivity index (χ1) is 17.0. The van der Waals surface area contributed by atoms with Crippen LogP contribution in [-0.4, -0.2) is 37.9 Å². The average molecular weight is 483 g/mol. The molecule has 0 atom stereocenters.